The third-order valence-corrected chi connectivity index (χ3v) is 3.78. The molecule has 0 aliphatic carbocycles. The van der Waals surface area contributed by atoms with Crippen LogP contribution >= 0.6 is 0 Å². The lowest BCUT2D eigenvalue weighted by Crippen LogP contribution is -2.12. The molecule has 0 radical (unpaired) electrons. The van der Waals surface area contributed by atoms with E-state index in [0.29, 0.717) is 28.5 Å². The SMILES string of the molecule is COc1cc(C(=O)Nc2cnc3ccccc3c2)cc(OC)c1OC. The molecule has 0 aliphatic heterocycles. The number of methoxy groups -OCH3 is 3. The highest BCUT2D eigenvalue weighted by atomic mass is 16.5. The number of nitrogens with zero attached hydrogens (tertiary/aromatic N) is 1. The van der Waals surface area contributed by atoms with Crippen molar-refractivity contribution >= 4 is 22.5 Å². The average molecular weight is 338 g/mol. The largest absolute Gasteiger partial charge is 0.493 e. The Morgan fingerprint density at radius 3 is 2.28 bits per heavy atom. The molecule has 0 bridgehead atoms. The molecular formula is C19H18N2O4. The fourth-order valence-electron chi connectivity index (χ4n) is 2.55. The summed E-state index contributed by atoms with van der Waals surface area (Å²) in [6.45, 7) is 0. The van der Waals surface area contributed by atoms with Gasteiger partial charge in [-0.15, -0.1) is 0 Å². The highest BCUT2D eigenvalue weighted by molar-refractivity contribution is 6.05. The number of carbonyl (C=O) groups is 1. The number of rotatable bonds is 5. The minimum atomic E-state index is -0.295. The van der Waals surface area contributed by atoms with Crippen molar-refractivity contribution in [1.82, 2.24) is 4.98 Å². The van der Waals surface area contributed by atoms with Crippen LogP contribution in [0, 0.1) is 0 Å². The van der Waals surface area contributed by atoms with Crippen LogP contribution in [0.25, 0.3) is 10.9 Å². The summed E-state index contributed by atoms with van der Waals surface area (Å²) in [6, 6.07) is 12.8. The summed E-state index contributed by atoms with van der Waals surface area (Å²) in [4.78, 5) is 16.9. The number of ether oxygens (including phenoxy) is 3. The molecule has 1 heterocycles. The van der Waals surface area contributed by atoms with Gasteiger partial charge in [-0.25, -0.2) is 0 Å². The molecule has 1 N–H and O–H groups in total. The van der Waals surface area contributed by atoms with Crippen molar-refractivity contribution in [2.45, 2.75) is 0 Å². The van der Waals surface area contributed by atoms with Crippen LogP contribution in [0.5, 0.6) is 17.2 Å². The maximum Gasteiger partial charge on any atom is 0.255 e. The predicted octanol–water partition coefficient (Wildman–Crippen LogP) is 3.51. The van der Waals surface area contributed by atoms with Gasteiger partial charge in [0.1, 0.15) is 0 Å². The number of hydrogen-bond acceptors (Lipinski definition) is 5. The number of aromatic nitrogens is 1. The van der Waals surface area contributed by atoms with Crippen molar-refractivity contribution in [3.05, 3.63) is 54.2 Å². The predicted molar refractivity (Wildman–Crippen MR) is 95.8 cm³/mol. The highest BCUT2D eigenvalue weighted by Crippen LogP contribution is 2.38. The maximum absolute atomic E-state index is 12.6. The molecule has 0 unspecified atom stereocenters. The number of amides is 1. The molecule has 6 heteroatoms. The van der Waals surface area contributed by atoms with E-state index >= 15 is 0 Å². The molecule has 3 rings (SSSR count). The van der Waals surface area contributed by atoms with Crippen molar-refractivity contribution in [3.8, 4) is 17.2 Å². The van der Waals surface area contributed by atoms with E-state index < -0.39 is 0 Å². The number of anilines is 1. The third kappa shape index (κ3) is 3.33. The molecule has 0 saturated heterocycles. The van der Waals surface area contributed by atoms with Gasteiger partial charge in [0.2, 0.25) is 5.75 Å². The molecule has 0 aliphatic rings. The molecule has 0 spiro atoms. The Labute approximate surface area is 145 Å². The molecule has 0 atom stereocenters. The molecule has 2 aromatic carbocycles. The Bertz CT molecular complexity index is 899. The van der Waals surface area contributed by atoms with Gasteiger partial charge in [-0.2, -0.15) is 0 Å². The number of fused-ring (bicyclic) bond motifs is 1. The molecule has 0 fully saturated rings. The number of benzene rings is 2. The fraction of sp³-hybridized carbons (Fsp3) is 0.158. The van der Waals surface area contributed by atoms with Crippen molar-refractivity contribution < 1.29 is 19.0 Å². The van der Waals surface area contributed by atoms with E-state index in [2.05, 4.69) is 10.3 Å². The topological polar surface area (TPSA) is 69.7 Å². The van der Waals surface area contributed by atoms with E-state index in [9.17, 15) is 4.79 Å². The Morgan fingerprint density at radius 2 is 1.64 bits per heavy atom. The molecular weight excluding hydrogens is 320 g/mol. The van der Waals surface area contributed by atoms with Gasteiger partial charge in [0.15, 0.2) is 11.5 Å². The summed E-state index contributed by atoms with van der Waals surface area (Å²) in [5, 5.41) is 3.79. The minimum Gasteiger partial charge on any atom is -0.493 e. The van der Waals surface area contributed by atoms with Gasteiger partial charge in [-0.05, 0) is 24.3 Å². The van der Waals surface area contributed by atoms with Gasteiger partial charge in [0, 0.05) is 10.9 Å². The molecule has 0 saturated carbocycles. The second-order valence-electron chi connectivity index (χ2n) is 5.28. The monoisotopic (exact) mass is 338 g/mol. The Hall–Kier alpha value is -3.28. The van der Waals surface area contributed by atoms with Crippen molar-refractivity contribution in [2.24, 2.45) is 0 Å². The first-order valence-corrected chi connectivity index (χ1v) is 7.62. The Balaban J connectivity index is 1.91. The number of carbonyl (C=O) groups excluding carboxylic acids is 1. The Morgan fingerprint density at radius 1 is 0.960 bits per heavy atom. The van der Waals surface area contributed by atoms with E-state index in [0.717, 1.165) is 10.9 Å². The fourth-order valence-corrected chi connectivity index (χ4v) is 2.55. The molecule has 3 aromatic rings. The van der Waals surface area contributed by atoms with E-state index in [1.54, 1.807) is 18.3 Å². The zero-order chi connectivity index (χ0) is 17.8. The van der Waals surface area contributed by atoms with Crippen LogP contribution in [0.1, 0.15) is 10.4 Å². The molecule has 25 heavy (non-hydrogen) atoms. The first kappa shape index (κ1) is 16.6. The van der Waals surface area contributed by atoms with Gasteiger partial charge >= 0.3 is 0 Å². The summed E-state index contributed by atoms with van der Waals surface area (Å²) in [7, 11) is 4.53. The van der Waals surface area contributed by atoms with Gasteiger partial charge in [0.05, 0.1) is 38.7 Å². The van der Waals surface area contributed by atoms with E-state index in [1.165, 1.54) is 21.3 Å². The second kappa shape index (κ2) is 7.09. The van der Waals surface area contributed by atoms with E-state index in [1.807, 2.05) is 30.3 Å². The van der Waals surface area contributed by atoms with Crippen LogP contribution < -0.4 is 19.5 Å². The lowest BCUT2D eigenvalue weighted by atomic mass is 10.1. The van der Waals surface area contributed by atoms with Gasteiger partial charge in [-0.3, -0.25) is 9.78 Å². The number of pyridine rings is 1. The summed E-state index contributed by atoms with van der Waals surface area (Å²) in [6.07, 6.45) is 1.62. The van der Waals surface area contributed by atoms with Crippen LogP contribution in [-0.2, 0) is 0 Å². The zero-order valence-electron chi connectivity index (χ0n) is 14.2. The first-order valence-electron chi connectivity index (χ1n) is 7.62. The second-order valence-corrected chi connectivity index (χ2v) is 5.28. The van der Waals surface area contributed by atoms with E-state index in [-0.39, 0.29) is 5.91 Å². The summed E-state index contributed by atoms with van der Waals surface area (Å²) < 4.78 is 15.8. The van der Waals surface area contributed by atoms with Gasteiger partial charge in [0.25, 0.3) is 5.91 Å². The standard InChI is InChI=1S/C19H18N2O4/c1-23-16-9-13(10-17(24-2)18(16)25-3)19(22)21-14-8-12-6-4-5-7-15(12)20-11-14/h4-11H,1-3H3,(H,21,22). The van der Waals surface area contributed by atoms with E-state index in [4.69, 9.17) is 14.2 Å². The normalized spacial score (nSPS) is 10.4. The van der Waals surface area contributed by atoms with Gasteiger partial charge in [-0.1, -0.05) is 18.2 Å². The average Bonchev–Trinajstić information content (AvgIpc) is 2.66. The van der Waals surface area contributed by atoms with Gasteiger partial charge < -0.3 is 19.5 Å². The lowest BCUT2D eigenvalue weighted by Gasteiger charge is -2.14. The smallest absolute Gasteiger partial charge is 0.255 e. The zero-order valence-corrected chi connectivity index (χ0v) is 14.2. The third-order valence-electron chi connectivity index (χ3n) is 3.78. The summed E-state index contributed by atoms with van der Waals surface area (Å²) in [5.74, 6) is 0.984. The first-order chi connectivity index (χ1) is 12.2. The van der Waals surface area contributed by atoms with Crippen molar-refractivity contribution in [3.63, 3.8) is 0 Å². The number of hydrogen-bond donors (Lipinski definition) is 1. The van der Waals surface area contributed by atoms with Crippen LogP contribution in [0.2, 0.25) is 0 Å². The molecule has 128 valence electrons. The van der Waals surface area contributed by atoms with Crippen LogP contribution in [0.15, 0.2) is 48.7 Å². The number of para-hydroxylation sites is 1. The number of nitrogens with one attached hydrogen (secondary N) is 1. The van der Waals surface area contributed by atoms with Crippen LogP contribution in [0.3, 0.4) is 0 Å². The Kier molecular flexibility index (Phi) is 4.70. The molecule has 6 nitrogen and oxygen atoms in total. The van der Waals surface area contributed by atoms with Crippen molar-refractivity contribution in [1.29, 1.82) is 0 Å². The lowest BCUT2D eigenvalue weighted by molar-refractivity contribution is 0.102. The van der Waals surface area contributed by atoms with Crippen LogP contribution in [-0.4, -0.2) is 32.2 Å². The molecule has 1 aromatic heterocycles. The maximum atomic E-state index is 12.6. The molecule has 1 amide bonds. The van der Waals surface area contributed by atoms with Crippen LogP contribution in [0.4, 0.5) is 5.69 Å². The summed E-state index contributed by atoms with van der Waals surface area (Å²) in [5.41, 5.74) is 1.87. The van der Waals surface area contributed by atoms with Crippen molar-refractivity contribution in [2.75, 3.05) is 26.6 Å². The minimum absolute atomic E-state index is 0.295. The summed E-state index contributed by atoms with van der Waals surface area (Å²) >= 11 is 0. The quantitative estimate of drug-likeness (QED) is 0.771. The highest BCUT2D eigenvalue weighted by Gasteiger charge is 2.17.